The molecule has 0 atom stereocenters. The zero-order valence-electron chi connectivity index (χ0n) is 11.2. The van der Waals surface area contributed by atoms with Gasteiger partial charge in [0.25, 0.3) is 0 Å². The Bertz CT molecular complexity index is 524. The first kappa shape index (κ1) is 13.8. The molecule has 0 fully saturated rings. The predicted octanol–water partition coefficient (Wildman–Crippen LogP) is 4.67. The second-order valence-electron chi connectivity index (χ2n) is 5.97. The van der Waals surface area contributed by atoms with Crippen molar-refractivity contribution in [1.29, 1.82) is 0 Å². The van der Waals surface area contributed by atoms with Gasteiger partial charge in [-0.05, 0) is 22.3 Å². The van der Waals surface area contributed by atoms with Crippen LogP contribution in [0, 0.1) is 0 Å². The molecule has 0 heterocycles. The molecule has 0 saturated carbocycles. The van der Waals surface area contributed by atoms with E-state index in [1.165, 1.54) is 11.1 Å². The summed E-state index contributed by atoms with van der Waals surface area (Å²) in [7, 11) is -1.23. The van der Waals surface area contributed by atoms with E-state index >= 15 is 0 Å². The van der Waals surface area contributed by atoms with E-state index in [9.17, 15) is 0 Å². The fourth-order valence-electron chi connectivity index (χ4n) is 3.09. The van der Waals surface area contributed by atoms with Crippen molar-refractivity contribution >= 4 is 8.07 Å². The van der Waals surface area contributed by atoms with Crippen LogP contribution in [0.5, 0.6) is 0 Å². The minimum absolute atomic E-state index is 0. The van der Waals surface area contributed by atoms with E-state index in [1.54, 1.807) is 11.1 Å². The molecular weight excluding hydrogens is 268 g/mol. The van der Waals surface area contributed by atoms with Crippen LogP contribution >= 0.6 is 0 Å². The van der Waals surface area contributed by atoms with Crippen LogP contribution < -0.4 is 0 Å². The molecule has 90 valence electrons. The molecule has 0 saturated heterocycles. The Balaban J connectivity index is 0.00000120. The van der Waals surface area contributed by atoms with Gasteiger partial charge in [0.1, 0.15) is 0 Å². The van der Waals surface area contributed by atoms with E-state index in [-0.39, 0.29) is 21.7 Å². The maximum Gasteiger partial charge on any atom is 0.0574 e. The van der Waals surface area contributed by atoms with Crippen LogP contribution in [0.1, 0.15) is 16.7 Å². The maximum atomic E-state index is 2.47. The van der Waals surface area contributed by atoms with Crippen LogP contribution in [0.3, 0.4) is 0 Å². The van der Waals surface area contributed by atoms with Gasteiger partial charge in [-0.1, -0.05) is 68.2 Å². The Kier molecular flexibility index (Phi) is 3.68. The average molecular weight is 286 g/mol. The molecule has 1 aliphatic carbocycles. The molecule has 1 aliphatic rings. The molecule has 0 bridgehead atoms. The summed E-state index contributed by atoms with van der Waals surface area (Å²) >= 11 is 0. The number of hydrogen-bond donors (Lipinski definition) is 0. The molecule has 0 aromatic heterocycles. The maximum absolute atomic E-state index is 2.47. The zero-order chi connectivity index (χ0) is 12.0. The van der Waals surface area contributed by atoms with Gasteiger partial charge in [0.15, 0.2) is 0 Å². The van der Waals surface area contributed by atoms with Crippen molar-refractivity contribution in [1.82, 2.24) is 0 Å². The summed E-state index contributed by atoms with van der Waals surface area (Å²) in [4.78, 5) is 0. The molecule has 0 radical (unpaired) electrons. The van der Waals surface area contributed by atoms with Crippen molar-refractivity contribution in [2.24, 2.45) is 0 Å². The third-order valence-corrected chi connectivity index (χ3v) is 6.05. The monoisotopic (exact) mass is 286 g/mol. The van der Waals surface area contributed by atoms with Gasteiger partial charge in [0.05, 0.1) is 8.07 Å². The molecule has 0 amide bonds. The second kappa shape index (κ2) is 4.81. The summed E-state index contributed by atoms with van der Waals surface area (Å²) in [6, 6.07) is 17.8. The van der Waals surface area contributed by atoms with E-state index in [2.05, 4.69) is 68.2 Å². The van der Waals surface area contributed by atoms with E-state index in [4.69, 9.17) is 0 Å². The fourth-order valence-corrected chi connectivity index (χ4v) is 5.46. The topological polar surface area (TPSA) is 0 Å². The largest absolute Gasteiger partial charge is 0.0688 e. The second-order valence-corrected chi connectivity index (χ2v) is 11.3. The quantitative estimate of drug-likeness (QED) is 0.668. The molecule has 0 nitrogen and oxygen atoms in total. The molecule has 2 aromatic rings. The predicted molar refractivity (Wildman–Crippen MR) is 77.1 cm³/mol. The minimum atomic E-state index is -1.23. The molecule has 0 unspecified atom stereocenters. The van der Waals surface area contributed by atoms with Crippen LogP contribution in [-0.2, 0) is 21.7 Å². The third kappa shape index (κ3) is 2.05. The van der Waals surface area contributed by atoms with E-state index < -0.39 is 8.07 Å². The summed E-state index contributed by atoms with van der Waals surface area (Å²) < 4.78 is 0. The first-order valence-electron chi connectivity index (χ1n) is 6.27. The Labute approximate surface area is 125 Å². The summed E-state index contributed by atoms with van der Waals surface area (Å²) in [6.45, 7) is 7.41. The summed E-state index contributed by atoms with van der Waals surface area (Å²) in [5, 5.41) is 0. The van der Waals surface area contributed by atoms with E-state index in [1.807, 2.05) is 0 Å². The number of rotatable bonds is 1. The first-order chi connectivity index (χ1) is 8.09. The fraction of sp³-hybridized carbons (Fsp3) is 0.250. The van der Waals surface area contributed by atoms with Gasteiger partial charge in [-0.2, -0.15) is 0 Å². The summed E-state index contributed by atoms with van der Waals surface area (Å²) in [5.74, 6) is 0. The van der Waals surface area contributed by atoms with Gasteiger partial charge in [-0.15, -0.1) is 0 Å². The van der Waals surface area contributed by atoms with Crippen molar-refractivity contribution < 1.29 is 21.7 Å². The van der Waals surface area contributed by atoms with Crippen molar-refractivity contribution in [2.75, 3.05) is 0 Å². The molecule has 18 heavy (non-hydrogen) atoms. The number of hydrogen-bond acceptors (Lipinski definition) is 0. The molecule has 0 N–H and O–H groups in total. The van der Waals surface area contributed by atoms with Crippen molar-refractivity contribution in [3.05, 3.63) is 59.7 Å². The third-order valence-electron chi connectivity index (χ3n) is 3.70. The Morgan fingerprint density at radius 2 is 1.11 bits per heavy atom. The number of fused-ring (bicyclic) bond motifs is 3. The minimum Gasteiger partial charge on any atom is -0.0688 e. The molecular formula is C16H18SiTi. The standard InChI is InChI=1S/C16H18Si.Ti/c1-17(2,3)16-14-10-6-4-8-12(14)13-9-5-7-11-15(13)16;/h4-11,16H,1-3H3;. The van der Waals surface area contributed by atoms with Gasteiger partial charge in [0, 0.05) is 27.3 Å². The van der Waals surface area contributed by atoms with Gasteiger partial charge >= 0.3 is 0 Å². The van der Waals surface area contributed by atoms with E-state index in [0.29, 0.717) is 5.54 Å². The Morgan fingerprint density at radius 3 is 1.50 bits per heavy atom. The normalized spacial score (nSPS) is 13.7. The average Bonchev–Trinajstić information content (AvgIpc) is 2.63. The van der Waals surface area contributed by atoms with Crippen LogP contribution in [-0.4, -0.2) is 8.07 Å². The molecule has 0 spiro atoms. The number of benzene rings is 2. The van der Waals surface area contributed by atoms with Crippen LogP contribution in [0.25, 0.3) is 11.1 Å². The van der Waals surface area contributed by atoms with Crippen LogP contribution in [0.4, 0.5) is 0 Å². The van der Waals surface area contributed by atoms with Crippen molar-refractivity contribution in [2.45, 2.75) is 25.2 Å². The van der Waals surface area contributed by atoms with Gasteiger partial charge in [-0.25, -0.2) is 0 Å². The Morgan fingerprint density at radius 1 is 0.722 bits per heavy atom. The molecule has 2 aromatic carbocycles. The summed E-state index contributed by atoms with van der Waals surface area (Å²) in [5.41, 5.74) is 6.67. The Hall–Kier alpha value is -0.629. The smallest absolute Gasteiger partial charge is 0.0574 e. The van der Waals surface area contributed by atoms with E-state index in [0.717, 1.165) is 0 Å². The summed E-state index contributed by atoms with van der Waals surface area (Å²) in [6.07, 6.45) is 0. The zero-order valence-corrected chi connectivity index (χ0v) is 13.8. The molecule has 2 heteroatoms. The van der Waals surface area contributed by atoms with Crippen molar-refractivity contribution in [3.8, 4) is 11.1 Å². The van der Waals surface area contributed by atoms with Crippen LogP contribution in [0.15, 0.2) is 48.5 Å². The van der Waals surface area contributed by atoms with Gasteiger partial charge in [-0.3, -0.25) is 0 Å². The SMILES string of the molecule is C[Si](C)(C)C1c2ccccc2-c2ccccc21.[Ti]. The first-order valence-corrected chi connectivity index (χ1v) is 9.85. The molecule has 3 rings (SSSR count). The van der Waals surface area contributed by atoms with Crippen molar-refractivity contribution in [3.63, 3.8) is 0 Å². The van der Waals surface area contributed by atoms with Gasteiger partial charge < -0.3 is 0 Å². The molecule has 0 aliphatic heterocycles. The van der Waals surface area contributed by atoms with Crippen LogP contribution in [0.2, 0.25) is 19.6 Å². The van der Waals surface area contributed by atoms with Gasteiger partial charge in [0.2, 0.25) is 0 Å².